The zero-order valence-corrected chi connectivity index (χ0v) is 14.7. The maximum atomic E-state index is 12.6. The van der Waals surface area contributed by atoms with Crippen LogP contribution in [0.1, 0.15) is 0 Å². The third-order valence-corrected chi connectivity index (χ3v) is 6.54. The van der Waals surface area contributed by atoms with Crippen molar-refractivity contribution in [2.24, 2.45) is 0 Å². The lowest BCUT2D eigenvalue weighted by Crippen LogP contribution is -2.48. The van der Waals surface area contributed by atoms with Crippen molar-refractivity contribution in [2.45, 2.75) is 4.90 Å². The molecular formula is C16H16Cl2N2O2S. The van der Waals surface area contributed by atoms with Gasteiger partial charge in [-0.25, -0.2) is 8.42 Å². The third kappa shape index (κ3) is 3.48. The van der Waals surface area contributed by atoms with E-state index >= 15 is 0 Å². The Hall–Kier alpha value is -1.27. The van der Waals surface area contributed by atoms with Crippen LogP contribution in [0.15, 0.2) is 53.4 Å². The summed E-state index contributed by atoms with van der Waals surface area (Å²) in [7, 11) is -3.42. The van der Waals surface area contributed by atoms with Crippen LogP contribution >= 0.6 is 23.2 Å². The second kappa shape index (κ2) is 6.69. The smallest absolute Gasteiger partial charge is 0.243 e. The fraction of sp³-hybridized carbons (Fsp3) is 0.250. The summed E-state index contributed by atoms with van der Waals surface area (Å²) in [5, 5.41) is 1.02. The molecule has 0 atom stereocenters. The predicted molar refractivity (Wildman–Crippen MR) is 93.9 cm³/mol. The summed E-state index contributed by atoms with van der Waals surface area (Å²) in [4.78, 5) is 2.45. The minimum Gasteiger partial charge on any atom is -0.369 e. The van der Waals surface area contributed by atoms with Crippen LogP contribution in [0, 0.1) is 0 Å². The van der Waals surface area contributed by atoms with E-state index in [4.69, 9.17) is 23.2 Å². The first-order chi connectivity index (χ1) is 11.0. The van der Waals surface area contributed by atoms with E-state index in [0.29, 0.717) is 41.1 Å². The highest BCUT2D eigenvalue weighted by atomic mass is 35.5. The van der Waals surface area contributed by atoms with Gasteiger partial charge < -0.3 is 4.90 Å². The molecule has 0 saturated carbocycles. The summed E-state index contributed by atoms with van der Waals surface area (Å²) in [6, 6.07) is 14.0. The van der Waals surface area contributed by atoms with Crippen LogP contribution < -0.4 is 4.90 Å². The molecule has 1 fully saturated rings. The van der Waals surface area contributed by atoms with Gasteiger partial charge in [-0.1, -0.05) is 41.4 Å². The molecule has 0 amide bonds. The minimum atomic E-state index is -3.42. The molecular weight excluding hydrogens is 355 g/mol. The van der Waals surface area contributed by atoms with Gasteiger partial charge in [-0.2, -0.15) is 4.31 Å². The zero-order valence-electron chi connectivity index (χ0n) is 12.3. The molecule has 7 heteroatoms. The molecule has 2 aromatic rings. The molecule has 4 nitrogen and oxygen atoms in total. The molecule has 0 N–H and O–H groups in total. The largest absolute Gasteiger partial charge is 0.369 e. The molecule has 2 aromatic carbocycles. The first-order valence-electron chi connectivity index (χ1n) is 7.24. The van der Waals surface area contributed by atoms with Crippen LogP contribution in [0.3, 0.4) is 0 Å². The first-order valence-corrected chi connectivity index (χ1v) is 9.43. The van der Waals surface area contributed by atoms with Crippen molar-refractivity contribution in [3.63, 3.8) is 0 Å². The van der Waals surface area contributed by atoms with Gasteiger partial charge in [0.1, 0.15) is 0 Å². The van der Waals surface area contributed by atoms with E-state index in [2.05, 4.69) is 4.90 Å². The van der Waals surface area contributed by atoms with E-state index < -0.39 is 10.0 Å². The topological polar surface area (TPSA) is 40.6 Å². The van der Waals surface area contributed by atoms with Crippen molar-refractivity contribution in [3.05, 3.63) is 58.6 Å². The van der Waals surface area contributed by atoms with Gasteiger partial charge in [-0.3, -0.25) is 0 Å². The summed E-state index contributed by atoms with van der Waals surface area (Å²) in [5.74, 6) is 0. The highest BCUT2D eigenvalue weighted by Gasteiger charge is 2.28. The Kier molecular flexibility index (Phi) is 4.82. The molecule has 3 rings (SSSR count). The van der Waals surface area contributed by atoms with Crippen LogP contribution in [-0.4, -0.2) is 38.9 Å². The number of rotatable bonds is 3. The van der Waals surface area contributed by atoms with Crippen molar-refractivity contribution >= 4 is 38.9 Å². The number of nitrogens with zero attached hydrogens (tertiary/aromatic N) is 2. The van der Waals surface area contributed by atoms with Gasteiger partial charge in [0.15, 0.2) is 0 Å². The van der Waals surface area contributed by atoms with Crippen LogP contribution in [0.4, 0.5) is 5.69 Å². The summed E-state index contributed by atoms with van der Waals surface area (Å²) in [5.41, 5.74) is 0.955. The molecule has 23 heavy (non-hydrogen) atoms. The molecule has 0 radical (unpaired) electrons. The van der Waals surface area contributed by atoms with E-state index in [1.165, 1.54) is 4.31 Å². The van der Waals surface area contributed by atoms with Gasteiger partial charge in [-0.15, -0.1) is 0 Å². The molecule has 0 bridgehead atoms. The van der Waals surface area contributed by atoms with Gasteiger partial charge in [0.2, 0.25) is 10.0 Å². The lowest BCUT2D eigenvalue weighted by atomic mass is 10.2. The lowest BCUT2D eigenvalue weighted by Gasteiger charge is -2.35. The fourth-order valence-corrected chi connectivity index (χ4v) is 4.35. The lowest BCUT2D eigenvalue weighted by molar-refractivity contribution is 0.385. The van der Waals surface area contributed by atoms with E-state index in [-0.39, 0.29) is 0 Å². The minimum absolute atomic E-state index is 0.336. The second-order valence-electron chi connectivity index (χ2n) is 5.30. The third-order valence-electron chi connectivity index (χ3n) is 3.89. The number of halogens is 2. The maximum Gasteiger partial charge on any atom is 0.243 e. The highest BCUT2D eigenvalue weighted by Crippen LogP contribution is 2.28. The first kappa shape index (κ1) is 16.6. The number of hydrogen-bond acceptors (Lipinski definition) is 3. The van der Waals surface area contributed by atoms with Crippen molar-refractivity contribution in [1.29, 1.82) is 0 Å². The molecule has 1 aliphatic rings. The Morgan fingerprint density at radius 2 is 1.48 bits per heavy atom. The second-order valence-corrected chi connectivity index (χ2v) is 8.05. The van der Waals surface area contributed by atoms with Crippen molar-refractivity contribution < 1.29 is 8.42 Å². The Labute approximate surface area is 146 Å². The number of benzene rings is 2. The molecule has 0 unspecified atom stereocenters. The Balaban J connectivity index is 1.72. The van der Waals surface area contributed by atoms with Gasteiger partial charge >= 0.3 is 0 Å². The van der Waals surface area contributed by atoms with Crippen molar-refractivity contribution in [3.8, 4) is 0 Å². The van der Waals surface area contributed by atoms with E-state index in [1.54, 1.807) is 36.4 Å². The van der Waals surface area contributed by atoms with Gasteiger partial charge in [0.25, 0.3) is 0 Å². The summed E-state index contributed by atoms with van der Waals surface area (Å²) >= 11 is 12.0. The van der Waals surface area contributed by atoms with Crippen LogP contribution in [0.2, 0.25) is 10.0 Å². The monoisotopic (exact) mass is 370 g/mol. The standard InChI is InChI=1S/C16H16Cl2N2O2S/c17-15-7-6-13(12-16(15)18)19-8-10-20(11-9-19)23(21,22)14-4-2-1-3-5-14/h1-7,12H,8-11H2. The Bertz CT molecular complexity index is 789. The van der Waals surface area contributed by atoms with Crippen molar-refractivity contribution in [1.82, 2.24) is 4.31 Å². The van der Waals surface area contributed by atoms with E-state index in [1.807, 2.05) is 12.1 Å². The van der Waals surface area contributed by atoms with Crippen molar-refractivity contribution in [2.75, 3.05) is 31.1 Å². The molecule has 1 saturated heterocycles. The molecule has 1 aliphatic heterocycles. The van der Waals surface area contributed by atoms with Gasteiger partial charge in [-0.05, 0) is 30.3 Å². The van der Waals surface area contributed by atoms with Gasteiger partial charge in [0.05, 0.1) is 14.9 Å². The predicted octanol–water partition coefficient (Wildman–Crippen LogP) is 3.50. The van der Waals surface area contributed by atoms with Crippen LogP contribution in [0.25, 0.3) is 0 Å². The number of hydrogen-bond donors (Lipinski definition) is 0. The highest BCUT2D eigenvalue weighted by molar-refractivity contribution is 7.89. The quantitative estimate of drug-likeness (QED) is 0.829. The van der Waals surface area contributed by atoms with E-state index in [9.17, 15) is 8.42 Å². The maximum absolute atomic E-state index is 12.6. The SMILES string of the molecule is O=S(=O)(c1ccccc1)N1CCN(c2ccc(Cl)c(Cl)c2)CC1. The molecule has 1 heterocycles. The van der Waals surface area contributed by atoms with Gasteiger partial charge in [0, 0.05) is 31.9 Å². The normalized spacial score (nSPS) is 16.5. The number of sulfonamides is 1. The number of anilines is 1. The van der Waals surface area contributed by atoms with Crippen LogP contribution in [0.5, 0.6) is 0 Å². The fourth-order valence-electron chi connectivity index (χ4n) is 2.61. The van der Waals surface area contributed by atoms with Crippen LogP contribution in [-0.2, 0) is 10.0 Å². The zero-order chi connectivity index (χ0) is 16.4. The average Bonchev–Trinajstić information content (AvgIpc) is 2.58. The molecule has 0 aromatic heterocycles. The van der Waals surface area contributed by atoms with E-state index in [0.717, 1.165) is 5.69 Å². The summed E-state index contributed by atoms with van der Waals surface area (Å²) in [6.45, 7) is 2.11. The molecule has 0 spiro atoms. The average molecular weight is 371 g/mol. The molecule has 0 aliphatic carbocycles. The number of piperazine rings is 1. The molecule has 122 valence electrons. The summed E-state index contributed by atoms with van der Waals surface area (Å²) < 4.78 is 26.7. The summed E-state index contributed by atoms with van der Waals surface area (Å²) in [6.07, 6.45) is 0. The Morgan fingerprint density at radius 1 is 0.826 bits per heavy atom. The Morgan fingerprint density at radius 3 is 2.09 bits per heavy atom.